The van der Waals surface area contributed by atoms with E-state index in [-0.39, 0.29) is 11.6 Å². The number of carbonyl (C=O) groups is 1. The highest BCUT2D eigenvalue weighted by atomic mass is 79.9. The van der Waals surface area contributed by atoms with Crippen molar-refractivity contribution in [3.63, 3.8) is 0 Å². The lowest BCUT2D eigenvalue weighted by Gasteiger charge is -2.04. The molecule has 0 heterocycles. The Bertz CT molecular complexity index is 366. The Morgan fingerprint density at radius 2 is 2.25 bits per heavy atom. The van der Waals surface area contributed by atoms with Gasteiger partial charge in [-0.2, -0.15) is 0 Å². The van der Waals surface area contributed by atoms with Gasteiger partial charge in [0.05, 0.1) is 0 Å². The fourth-order valence-electron chi connectivity index (χ4n) is 1.38. The molecule has 0 amide bonds. The average molecular weight is 289 g/mol. The summed E-state index contributed by atoms with van der Waals surface area (Å²) >= 11 is 3.24. The molecule has 0 unspecified atom stereocenters. The average Bonchev–Trinajstić information content (AvgIpc) is 2.23. The summed E-state index contributed by atoms with van der Waals surface area (Å²) in [6.07, 6.45) is 1.57. The van der Waals surface area contributed by atoms with E-state index in [1.807, 2.05) is 0 Å². The number of carbonyl (C=O) groups excluding carboxylic acids is 1. The lowest BCUT2D eigenvalue weighted by atomic mass is 10.1. The fraction of sp³-hybridized carbons (Fsp3) is 0.417. The van der Waals surface area contributed by atoms with Gasteiger partial charge >= 0.3 is 0 Å². The molecule has 0 saturated carbocycles. The van der Waals surface area contributed by atoms with Gasteiger partial charge in [-0.25, -0.2) is 4.39 Å². The van der Waals surface area contributed by atoms with Gasteiger partial charge in [-0.15, -0.1) is 0 Å². The van der Waals surface area contributed by atoms with Gasteiger partial charge < -0.3 is 4.74 Å². The zero-order valence-corrected chi connectivity index (χ0v) is 10.7. The molecule has 0 aliphatic carbocycles. The predicted molar refractivity (Wildman–Crippen MR) is 63.9 cm³/mol. The van der Waals surface area contributed by atoms with Crippen molar-refractivity contribution in [1.82, 2.24) is 0 Å². The summed E-state index contributed by atoms with van der Waals surface area (Å²) in [5.41, 5.74) is 0.823. The highest BCUT2D eigenvalue weighted by Crippen LogP contribution is 2.19. The summed E-state index contributed by atoms with van der Waals surface area (Å²) in [7, 11) is 1.61. The summed E-state index contributed by atoms with van der Waals surface area (Å²) in [6.45, 7) is 0.594. The third kappa shape index (κ3) is 4.41. The molecule has 0 aromatic heterocycles. The van der Waals surface area contributed by atoms with Crippen LogP contribution in [0, 0.1) is 5.82 Å². The van der Waals surface area contributed by atoms with Crippen LogP contribution in [0.15, 0.2) is 22.7 Å². The minimum atomic E-state index is -0.303. The molecule has 0 aliphatic rings. The second kappa shape index (κ2) is 6.76. The molecule has 88 valence electrons. The number of ketones is 1. The second-order valence-corrected chi connectivity index (χ2v) is 4.40. The minimum absolute atomic E-state index is 0.143. The van der Waals surface area contributed by atoms with Crippen LogP contribution in [-0.4, -0.2) is 19.5 Å². The number of halogens is 2. The van der Waals surface area contributed by atoms with E-state index in [2.05, 4.69) is 15.9 Å². The van der Waals surface area contributed by atoms with E-state index < -0.39 is 0 Å². The normalized spacial score (nSPS) is 10.4. The first kappa shape index (κ1) is 13.3. The molecular formula is C12H14BrFO2. The van der Waals surface area contributed by atoms with Crippen LogP contribution in [0.25, 0.3) is 0 Å². The number of ether oxygens (including phenoxy) is 1. The number of rotatable bonds is 6. The molecule has 0 spiro atoms. The van der Waals surface area contributed by atoms with E-state index in [1.54, 1.807) is 13.2 Å². The van der Waals surface area contributed by atoms with Gasteiger partial charge in [-0.3, -0.25) is 4.79 Å². The highest BCUT2D eigenvalue weighted by Gasteiger charge is 2.07. The maximum absolute atomic E-state index is 12.8. The van der Waals surface area contributed by atoms with Crippen LogP contribution in [0.5, 0.6) is 0 Å². The Balaban J connectivity index is 2.49. The van der Waals surface area contributed by atoms with Gasteiger partial charge in [0.25, 0.3) is 0 Å². The molecule has 4 heteroatoms. The first-order chi connectivity index (χ1) is 7.63. The Morgan fingerprint density at radius 1 is 1.50 bits per heavy atom. The standard InChI is InChI=1S/C12H14BrFO2/c1-16-6-2-3-11(15)7-9-4-5-10(14)8-12(9)13/h4-5,8H,2-3,6-7H2,1H3. The van der Waals surface area contributed by atoms with Crippen molar-refractivity contribution in [3.05, 3.63) is 34.1 Å². The first-order valence-electron chi connectivity index (χ1n) is 5.08. The monoisotopic (exact) mass is 288 g/mol. The van der Waals surface area contributed by atoms with Gasteiger partial charge in [0.1, 0.15) is 11.6 Å². The van der Waals surface area contributed by atoms with Crippen molar-refractivity contribution in [2.75, 3.05) is 13.7 Å². The molecule has 0 aliphatic heterocycles. The Morgan fingerprint density at radius 3 is 2.88 bits per heavy atom. The van der Waals surface area contributed by atoms with Crippen LogP contribution >= 0.6 is 15.9 Å². The van der Waals surface area contributed by atoms with E-state index in [0.717, 1.165) is 12.0 Å². The predicted octanol–water partition coefficient (Wildman–Crippen LogP) is 3.13. The van der Waals surface area contributed by atoms with Crippen molar-refractivity contribution in [3.8, 4) is 0 Å². The fourth-order valence-corrected chi connectivity index (χ4v) is 1.87. The molecule has 1 aromatic rings. The molecule has 2 nitrogen and oxygen atoms in total. The molecule has 0 atom stereocenters. The molecule has 0 radical (unpaired) electrons. The van der Waals surface area contributed by atoms with Crippen LogP contribution in [0.4, 0.5) is 4.39 Å². The van der Waals surface area contributed by atoms with Crippen LogP contribution in [-0.2, 0) is 16.0 Å². The van der Waals surface area contributed by atoms with Crippen molar-refractivity contribution in [2.24, 2.45) is 0 Å². The van der Waals surface area contributed by atoms with Crippen molar-refractivity contribution in [2.45, 2.75) is 19.3 Å². The van der Waals surface area contributed by atoms with Crippen molar-refractivity contribution in [1.29, 1.82) is 0 Å². The number of benzene rings is 1. The second-order valence-electron chi connectivity index (χ2n) is 3.55. The molecule has 1 aromatic carbocycles. The first-order valence-corrected chi connectivity index (χ1v) is 5.87. The van der Waals surface area contributed by atoms with Gasteiger partial charge in [-0.1, -0.05) is 22.0 Å². The Kier molecular flexibility index (Phi) is 5.63. The summed E-state index contributed by atoms with van der Waals surface area (Å²) in [5.74, 6) is -0.160. The van der Waals surface area contributed by atoms with E-state index in [1.165, 1.54) is 12.1 Å². The van der Waals surface area contributed by atoms with Gasteiger partial charge in [0, 0.05) is 31.0 Å². The molecule has 1 rings (SSSR count). The summed E-state index contributed by atoms with van der Waals surface area (Å²) < 4.78 is 18.3. The molecule has 0 bridgehead atoms. The van der Waals surface area contributed by atoms with Crippen LogP contribution in [0.3, 0.4) is 0 Å². The number of Topliss-reactive ketones (excluding diaryl/α,β-unsaturated/α-hetero) is 1. The molecule has 0 N–H and O–H groups in total. The zero-order chi connectivity index (χ0) is 12.0. The van der Waals surface area contributed by atoms with E-state index in [0.29, 0.717) is 23.9 Å². The number of hydrogen-bond donors (Lipinski definition) is 0. The molecule has 0 saturated heterocycles. The maximum atomic E-state index is 12.8. The van der Waals surface area contributed by atoms with Gasteiger partial charge in [-0.05, 0) is 24.1 Å². The van der Waals surface area contributed by atoms with Crippen LogP contribution in [0.2, 0.25) is 0 Å². The topological polar surface area (TPSA) is 26.3 Å². The van der Waals surface area contributed by atoms with Gasteiger partial charge in [0.15, 0.2) is 0 Å². The summed E-state index contributed by atoms with van der Waals surface area (Å²) in [5, 5.41) is 0. The summed E-state index contributed by atoms with van der Waals surface area (Å²) in [4.78, 5) is 11.6. The summed E-state index contributed by atoms with van der Waals surface area (Å²) in [6, 6.07) is 4.37. The van der Waals surface area contributed by atoms with Gasteiger partial charge in [0.2, 0.25) is 0 Å². The highest BCUT2D eigenvalue weighted by molar-refractivity contribution is 9.10. The van der Waals surface area contributed by atoms with E-state index >= 15 is 0 Å². The third-order valence-corrected chi connectivity index (χ3v) is 2.95. The van der Waals surface area contributed by atoms with Crippen molar-refractivity contribution < 1.29 is 13.9 Å². The number of hydrogen-bond acceptors (Lipinski definition) is 2. The smallest absolute Gasteiger partial charge is 0.137 e. The quantitative estimate of drug-likeness (QED) is 0.752. The zero-order valence-electron chi connectivity index (χ0n) is 9.13. The van der Waals surface area contributed by atoms with Crippen LogP contribution in [0.1, 0.15) is 18.4 Å². The number of methoxy groups -OCH3 is 1. The SMILES string of the molecule is COCCCC(=O)Cc1ccc(F)cc1Br. The molecule has 0 fully saturated rings. The third-order valence-electron chi connectivity index (χ3n) is 2.21. The van der Waals surface area contributed by atoms with Crippen molar-refractivity contribution >= 4 is 21.7 Å². The van der Waals surface area contributed by atoms with E-state index in [9.17, 15) is 9.18 Å². The largest absolute Gasteiger partial charge is 0.385 e. The lowest BCUT2D eigenvalue weighted by Crippen LogP contribution is -2.05. The van der Waals surface area contributed by atoms with E-state index in [4.69, 9.17) is 4.74 Å². The lowest BCUT2D eigenvalue weighted by molar-refractivity contribution is -0.118. The minimum Gasteiger partial charge on any atom is -0.385 e. The molecular weight excluding hydrogens is 275 g/mol. The Labute approximate surface area is 103 Å². The maximum Gasteiger partial charge on any atom is 0.137 e. The van der Waals surface area contributed by atoms with Crippen LogP contribution < -0.4 is 0 Å². The molecule has 16 heavy (non-hydrogen) atoms. The Hall–Kier alpha value is -0.740.